The van der Waals surface area contributed by atoms with E-state index in [-0.39, 0.29) is 41.5 Å². The predicted octanol–water partition coefficient (Wildman–Crippen LogP) is 2.62. The molecule has 2 unspecified atom stereocenters. The van der Waals surface area contributed by atoms with Crippen molar-refractivity contribution in [3.05, 3.63) is 59.9 Å². The third kappa shape index (κ3) is 7.68. The lowest BCUT2D eigenvalue weighted by molar-refractivity contribution is -0.0265. The van der Waals surface area contributed by atoms with E-state index in [1.165, 1.54) is 29.6 Å². The zero-order valence-electron chi connectivity index (χ0n) is 18.5. The minimum absolute atomic E-state index is 0. The number of benzene rings is 1. The number of pyridine rings is 1. The average Bonchev–Trinajstić information content (AvgIpc) is 2.80. The molecule has 0 radical (unpaired) electrons. The van der Waals surface area contributed by atoms with E-state index >= 15 is 0 Å². The standard InChI is InChI=1S/C22H31N5O3S.HI/c1-17-7-9-18(10-8-17)21-19(5-4-14-30-21)15-26-22(23-2)25-12-13-27-31(28,29)20-6-3-11-24-16-20;/h3,6-11,16,19,21,27H,4-5,12-15H2,1-2H3,(H2,23,25,26);1H. The first-order valence-electron chi connectivity index (χ1n) is 10.5. The second kappa shape index (κ2) is 13.1. The third-order valence-corrected chi connectivity index (χ3v) is 6.71. The Balaban J connectivity index is 0.00000363. The Kier molecular flexibility index (Phi) is 10.8. The molecule has 2 heterocycles. The fraction of sp³-hybridized carbons (Fsp3) is 0.455. The van der Waals surface area contributed by atoms with E-state index in [0.29, 0.717) is 18.4 Å². The van der Waals surface area contributed by atoms with Gasteiger partial charge in [0.2, 0.25) is 10.0 Å². The molecule has 0 amide bonds. The van der Waals surface area contributed by atoms with Gasteiger partial charge in [0.05, 0.1) is 6.10 Å². The second-order valence-electron chi connectivity index (χ2n) is 7.57. The first-order valence-corrected chi connectivity index (χ1v) is 12.0. The van der Waals surface area contributed by atoms with Gasteiger partial charge in [0.15, 0.2) is 5.96 Å². The van der Waals surface area contributed by atoms with Crippen LogP contribution in [0.2, 0.25) is 0 Å². The summed E-state index contributed by atoms with van der Waals surface area (Å²) in [5.74, 6) is 0.966. The minimum atomic E-state index is -3.56. The zero-order chi connectivity index (χ0) is 22.1. The Morgan fingerprint density at radius 1 is 1.19 bits per heavy atom. The molecule has 3 N–H and O–H groups in total. The van der Waals surface area contributed by atoms with Crippen LogP contribution in [0.1, 0.15) is 30.1 Å². The van der Waals surface area contributed by atoms with E-state index in [1.807, 2.05) is 0 Å². The summed E-state index contributed by atoms with van der Waals surface area (Å²) < 4.78 is 33.1. The molecule has 0 spiro atoms. The molecule has 0 bridgehead atoms. The summed E-state index contributed by atoms with van der Waals surface area (Å²) >= 11 is 0. The van der Waals surface area contributed by atoms with Crippen molar-refractivity contribution in [3.63, 3.8) is 0 Å². The quantitative estimate of drug-likeness (QED) is 0.194. The summed E-state index contributed by atoms with van der Waals surface area (Å²) in [6, 6.07) is 11.6. The number of ether oxygens (including phenoxy) is 1. The van der Waals surface area contributed by atoms with Crippen molar-refractivity contribution in [3.8, 4) is 0 Å². The van der Waals surface area contributed by atoms with Gasteiger partial charge in [-0.15, -0.1) is 24.0 Å². The topological polar surface area (TPSA) is 105 Å². The molecule has 176 valence electrons. The number of aliphatic imine (C=N–C) groups is 1. The SMILES string of the molecule is CN=C(NCCNS(=O)(=O)c1cccnc1)NCC1CCCOC1c1ccc(C)cc1.I. The van der Waals surface area contributed by atoms with Gasteiger partial charge in [0, 0.05) is 51.6 Å². The van der Waals surface area contributed by atoms with Gasteiger partial charge in [-0.05, 0) is 37.5 Å². The van der Waals surface area contributed by atoms with Crippen LogP contribution in [0.15, 0.2) is 58.7 Å². The van der Waals surface area contributed by atoms with Crippen LogP contribution in [0.5, 0.6) is 0 Å². The van der Waals surface area contributed by atoms with Gasteiger partial charge in [0.1, 0.15) is 4.90 Å². The summed E-state index contributed by atoms with van der Waals surface area (Å²) in [7, 11) is -1.87. The third-order valence-electron chi connectivity index (χ3n) is 5.26. The molecular weight excluding hydrogens is 541 g/mol. The number of aryl methyl sites for hydroxylation is 1. The fourth-order valence-corrected chi connectivity index (χ4v) is 4.58. The molecule has 1 saturated heterocycles. The number of rotatable bonds is 8. The number of guanidine groups is 1. The van der Waals surface area contributed by atoms with E-state index in [1.54, 1.807) is 13.1 Å². The fourth-order valence-electron chi connectivity index (χ4n) is 3.58. The summed E-state index contributed by atoms with van der Waals surface area (Å²) in [5, 5.41) is 6.50. The second-order valence-corrected chi connectivity index (χ2v) is 9.34. The molecule has 3 rings (SSSR count). The molecule has 0 aliphatic carbocycles. The van der Waals surface area contributed by atoms with Crippen LogP contribution in [0.4, 0.5) is 0 Å². The lowest BCUT2D eigenvalue weighted by Gasteiger charge is -2.32. The van der Waals surface area contributed by atoms with Crippen molar-refractivity contribution in [1.29, 1.82) is 0 Å². The lowest BCUT2D eigenvalue weighted by Crippen LogP contribution is -2.44. The van der Waals surface area contributed by atoms with E-state index < -0.39 is 10.0 Å². The highest BCUT2D eigenvalue weighted by Gasteiger charge is 2.27. The van der Waals surface area contributed by atoms with E-state index in [4.69, 9.17) is 4.74 Å². The minimum Gasteiger partial charge on any atom is -0.373 e. The summed E-state index contributed by atoms with van der Waals surface area (Å²) in [6.07, 6.45) is 5.04. The molecular formula is C22H32IN5O3S. The first kappa shape index (κ1) is 26.5. The van der Waals surface area contributed by atoms with Gasteiger partial charge in [-0.2, -0.15) is 0 Å². The Hall–Kier alpha value is -1.76. The van der Waals surface area contributed by atoms with Gasteiger partial charge in [-0.3, -0.25) is 9.98 Å². The molecule has 32 heavy (non-hydrogen) atoms. The molecule has 1 fully saturated rings. The van der Waals surface area contributed by atoms with Gasteiger partial charge in [-0.25, -0.2) is 13.1 Å². The molecule has 0 saturated carbocycles. The molecule has 8 nitrogen and oxygen atoms in total. The molecule has 1 aromatic heterocycles. The van der Waals surface area contributed by atoms with E-state index in [0.717, 1.165) is 26.0 Å². The van der Waals surface area contributed by atoms with Crippen LogP contribution in [0.3, 0.4) is 0 Å². The molecule has 2 atom stereocenters. The number of aromatic nitrogens is 1. The highest BCUT2D eigenvalue weighted by atomic mass is 127. The van der Waals surface area contributed by atoms with E-state index in [2.05, 4.69) is 56.5 Å². The summed E-state index contributed by atoms with van der Waals surface area (Å²) in [6.45, 7) is 4.22. The monoisotopic (exact) mass is 573 g/mol. The first-order chi connectivity index (χ1) is 15.0. The van der Waals surface area contributed by atoms with Gasteiger partial charge in [0.25, 0.3) is 0 Å². The average molecular weight is 574 g/mol. The van der Waals surface area contributed by atoms with Gasteiger partial charge in [-0.1, -0.05) is 29.8 Å². The molecule has 1 aliphatic heterocycles. The van der Waals surface area contributed by atoms with Crippen molar-refractivity contribution < 1.29 is 13.2 Å². The van der Waals surface area contributed by atoms with Crippen molar-refractivity contribution >= 4 is 40.0 Å². The van der Waals surface area contributed by atoms with Crippen LogP contribution < -0.4 is 15.4 Å². The lowest BCUT2D eigenvalue weighted by atomic mass is 9.89. The van der Waals surface area contributed by atoms with Gasteiger partial charge < -0.3 is 15.4 Å². The van der Waals surface area contributed by atoms with Crippen LogP contribution >= 0.6 is 24.0 Å². The van der Waals surface area contributed by atoms with Crippen molar-refractivity contribution in [2.75, 3.05) is 33.3 Å². The van der Waals surface area contributed by atoms with Crippen LogP contribution in [-0.4, -0.2) is 52.7 Å². The number of sulfonamides is 1. The molecule has 1 aliphatic rings. The number of nitrogens with one attached hydrogen (secondary N) is 3. The maximum atomic E-state index is 12.2. The van der Waals surface area contributed by atoms with Crippen molar-refractivity contribution in [2.45, 2.75) is 30.8 Å². The Morgan fingerprint density at radius 2 is 1.97 bits per heavy atom. The van der Waals surface area contributed by atoms with E-state index in [9.17, 15) is 8.42 Å². The molecule has 10 heteroatoms. The maximum Gasteiger partial charge on any atom is 0.242 e. The molecule has 2 aromatic rings. The summed E-state index contributed by atoms with van der Waals surface area (Å²) in [4.78, 5) is 8.24. The Labute approximate surface area is 207 Å². The normalized spacial score (nSPS) is 19.1. The van der Waals surface area contributed by atoms with Crippen molar-refractivity contribution in [1.82, 2.24) is 20.3 Å². The van der Waals surface area contributed by atoms with Crippen molar-refractivity contribution in [2.24, 2.45) is 10.9 Å². The zero-order valence-corrected chi connectivity index (χ0v) is 21.6. The predicted molar refractivity (Wildman–Crippen MR) is 137 cm³/mol. The highest BCUT2D eigenvalue weighted by Crippen LogP contribution is 2.33. The summed E-state index contributed by atoms with van der Waals surface area (Å²) in [5.41, 5.74) is 2.43. The van der Waals surface area contributed by atoms with Crippen LogP contribution in [0.25, 0.3) is 0 Å². The maximum absolute atomic E-state index is 12.2. The van der Waals surface area contributed by atoms with Crippen LogP contribution in [-0.2, 0) is 14.8 Å². The number of hydrogen-bond donors (Lipinski definition) is 3. The number of hydrogen-bond acceptors (Lipinski definition) is 5. The Bertz CT molecular complexity index is 955. The smallest absolute Gasteiger partial charge is 0.242 e. The number of nitrogens with zero attached hydrogens (tertiary/aromatic N) is 2. The largest absolute Gasteiger partial charge is 0.373 e. The number of halogens is 1. The molecule has 1 aromatic carbocycles. The Morgan fingerprint density at radius 3 is 2.66 bits per heavy atom. The van der Waals surface area contributed by atoms with Crippen LogP contribution in [0, 0.1) is 12.8 Å². The van der Waals surface area contributed by atoms with Gasteiger partial charge >= 0.3 is 0 Å². The highest BCUT2D eigenvalue weighted by molar-refractivity contribution is 14.0.